The molecule has 3 nitrogen and oxygen atoms in total. The van der Waals surface area contributed by atoms with Crippen LogP contribution in [0.15, 0.2) is 176 Å². The second kappa shape index (κ2) is 13.1. The fourth-order valence-corrected chi connectivity index (χ4v) is 6.73. The van der Waals surface area contributed by atoms with Crippen LogP contribution in [-0.2, 0) is 0 Å². The van der Waals surface area contributed by atoms with Gasteiger partial charge in [-0.1, -0.05) is 146 Å². The molecular formula is C46H35N3. The van der Waals surface area contributed by atoms with Crippen molar-refractivity contribution in [3.8, 4) is 39.6 Å². The van der Waals surface area contributed by atoms with Gasteiger partial charge in [0.2, 0.25) is 0 Å². The molecule has 0 atom stereocenters. The summed E-state index contributed by atoms with van der Waals surface area (Å²) in [5.74, 6) is 0.699. The Morgan fingerprint density at radius 1 is 0.551 bits per heavy atom. The fraction of sp³-hybridized carbons (Fsp3) is 0.0435. The molecule has 0 unspecified atom stereocenters. The van der Waals surface area contributed by atoms with Crippen LogP contribution in [0.3, 0.4) is 0 Å². The Morgan fingerprint density at radius 3 is 1.86 bits per heavy atom. The summed E-state index contributed by atoms with van der Waals surface area (Å²) in [5, 5.41) is 4.86. The summed E-state index contributed by atoms with van der Waals surface area (Å²) < 4.78 is 2.34. The number of hydrogen-bond donors (Lipinski definition) is 0. The second-order valence-electron chi connectivity index (χ2n) is 12.1. The van der Waals surface area contributed by atoms with Crippen molar-refractivity contribution in [3.05, 3.63) is 182 Å². The molecule has 0 radical (unpaired) electrons. The molecule has 0 amide bonds. The lowest BCUT2D eigenvalue weighted by Crippen LogP contribution is -1.97. The summed E-state index contributed by atoms with van der Waals surface area (Å²) in [4.78, 5) is 10.3. The van der Waals surface area contributed by atoms with Gasteiger partial charge in [0.1, 0.15) is 0 Å². The molecular weight excluding hydrogens is 595 g/mol. The van der Waals surface area contributed by atoms with Crippen LogP contribution >= 0.6 is 0 Å². The topological polar surface area (TPSA) is 30.7 Å². The largest absolute Gasteiger partial charge is 0.309 e. The first-order chi connectivity index (χ1) is 24.2. The maximum atomic E-state index is 5.18. The Labute approximate surface area is 286 Å². The van der Waals surface area contributed by atoms with Crippen molar-refractivity contribution >= 4 is 38.2 Å². The van der Waals surface area contributed by atoms with Crippen molar-refractivity contribution in [2.75, 3.05) is 0 Å². The van der Waals surface area contributed by atoms with Crippen molar-refractivity contribution in [1.29, 1.82) is 0 Å². The van der Waals surface area contributed by atoms with Crippen LogP contribution in [0.2, 0.25) is 0 Å². The van der Waals surface area contributed by atoms with E-state index >= 15 is 0 Å². The number of aromatic nitrogens is 3. The maximum absolute atomic E-state index is 5.18. The smallest absolute Gasteiger partial charge is 0.160 e. The van der Waals surface area contributed by atoms with Crippen molar-refractivity contribution in [3.63, 3.8) is 0 Å². The molecule has 0 bridgehead atoms. The first kappa shape index (κ1) is 30.0. The lowest BCUT2D eigenvalue weighted by Gasteiger charge is -2.13. The number of para-hydroxylation sites is 2. The third kappa shape index (κ3) is 5.66. The van der Waals surface area contributed by atoms with Crippen molar-refractivity contribution in [1.82, 2.24) is 14.5 Å². The first-order valence-electron chi connectivity index (χ1n) is 16.7. The van der Waals surface area contributed by atoms with Gasteiger partial charge in [0, 0.05) is 33.2 Å². The molecule has 0 saturated heterocycles. The average molecular weight is 630 g/mol. The van der Waals surface area contributed by atoms with E-state index in [4.69, 9.17) is 9.97 Å². The molecule has 3 heteroatoms. The third-order valence-electron chi connectivity index (χ3n) is 9.16. The molecule has 6 aromatic carbocycles. The molecule has 8 rings (SSSR count). The highest BCUT2D eigenvalue weighted by Gasteiger charge is 2.15. The van der Waals surface area contributed by atoms with E-state index in [1.54, 1.807) is 0 Å². The molecule has 2 heterocycles. The Balaban J connectivity index is 1.24. The zero-order valence-corrected chi connectivity index (χ0v) is 27.6. The summed E-state index contributed by atoms with van der Waals surface area (Å²) >= 11 is 0. The monoisotopic (exact) mass is 629 g/mol. The molecule has 0 aliphatic carbocycles. The fourth-order valence-electron chi connectivity index (χ4n) is 6.73. The van der Waals surface area contributed by atoms with E-state index < -0.39 is 0 Å². The lowest BCUT2D eigenvalue weighted by molar-refractivity contribution is 1.17. The first-order valence-corrected chi connectivity index (χ1v) is 16.7. The molecule has 234 valence electrons. The van der Waals surface area contributed by atoms with Crippen LogP contribution < -0.4 is 0 Å². The number of fused-ring (bicyclic) bond motifs is 4. The van der Waals surface area contributed by atoms with Gasteiger partial charge in [-0.05, 0) is 66.1 Å². The molecule has 0 aliphatic heterocycles. The zero-order chi connectivity index (χ0) is 33.2. The van der Waals surface area contributed by atoms with Gasteiger partial charge in [0.05, 0.1) is 22.4 Å². The van der Waals surface area contributed by atoms with Crippen LogP contribution in [0.5, 0.6) is 0 Å². The van der Waals surface area contributed by atoms with Gasteiger partial charge >= 0.3 is 0 Å². The Morgan fingerprint density at radius 2 is 1.16 bits per heavy atom. The molecule has 0 aliphatic rings. The van der Waals surface area contributed by atoms with Crippen LogP contribution in [-0.4, -0.2) is 14.5 Å². The SMILES string of the molecule is C\C=C/C=C\C(=C/C)c1ccc(-c2nc(-c3ccc(-n4c5ccccc5c5ccccc54)cc3)cc(-c3cccc4ccccc34)n2)cc1. The van der Waals surface area contributed by atoms with Crippen LogP contribution in [0.4, 0.5) is 0 Å². The molecule has 2 aromatic heterocycles. The van der Waals surface area contributed by atoms with Gasteiger partial charge in [0.15, 0.2) is 5.82 Å². The van der Waals surface area contributed by atoms with E-state index in [1.165, 1.54) is 38.2 Å². The minimum Gasteiger partial charge on any atom is -0.309 e. The maximum Gasteiger partial charge on any atom is 0.160 e. The number of allylic oxidation sites excluding steroid dienone is 6. The van der Waals surface area contributed by atoms with Crippen LogP contribution in [0, 0.1) is 0 Å². The van der Waals surface area contributed by atoms with E-state index in [0.717, 1.165) is 39.3 Å². The Kier molecular flexibility index (Phi) is 8.01. The van der Waals surface area contributed by atoms with E-state index in [0.29, 0.717) is 5.82 Å². The number of nitrogens with zero attached hydrogens (tertiary/aromatic N) is 3. The third-order valence-corrected chi connectivity index (χ3v) is 9.16. The Hall–Kier alpha value is -6.32. The minimum atomic E-state index is 0.699. The summed E-state index contributed by atoms with van der Waals surface area (Å²) in [6, 6.07) is 51.5. The quantitative estimate of drug-likeness (QED) is 0.164. The number of hydrogen-bond acceptors (Lipinski definition) is 2. The highest BCUT2D eigenvalue weighted by atomic mass is 15.0. The van der Waals surface area contributed by atoms with Crippen molar-refractivity contribution in [2.45, 2.75) is 13.8 Å². The summed E-state index contributed by atoms with van der Waals surface area (Å²) in [5.41, 5.74) is 10.7. The van der Waals surface area contributed by atoms with Crippen molar-refractivity contribution < 1.29 is 0 Å². The lowest BCUT2D eigenvalue weighted by atomic mass is 10.00. The van der Waals surface area contributed by atoms with Gasteiger partial charge in [0.25, 0.3) is 0 Å². The highest BCUT2D eigenvalue weighted by molar-refractivity contribution is 6.09. The summed E-state index contributed by atoms with van der Waals surface area (Å²) in [7, 11) is 0. The van der Waals surface area contributed by atoms with Gasteiger partial charge in [-0.2, -0.15) is 0 Å². The molecule has 0 spiro atoms. The predicted octanol–water partition coefficient (Wildman–Crippen LogP) is 12.3. The highest BCUT2D eigenvalue weighted by Crippen LogP contribution is 2.35. The standard InChI is InChI=1S/C46H35N3/c1-3-5-6-14-32(4-2)33-23-25-36(26-24-33)46-47-42(31-43(48-46)39-20-13-16-34-15-7-8-17-38(34)39)35-27-29-37(30-28-35)49-44-21-11-9-18-40(44)41-19-10-12-22-45(41)49/h3-31H,1-2H3/b5-3-,14-6-,32-4+. The van der Waals surface area contributed by atoms with E-state index in [2.05, 4.69) is 175 Å². The number of rotatable bonds is 7. The molecule has 0 saturated carbocycles. The molecule has 0 fully saturated rings. The summed E-state index contributed by atoms with van der Waals surface area (Å²) in [6.07, 6.45) is 10.4. The van der Waals surface area contributed by atoms with Gasteiger partial charge in [-0.25, -0.2) is 9.97 Å². The number of benzene rings is 6. The Bertz CT molecular complexity index is 2490. The van der Waals surface area contributed by atoms with Crippen LogP contribution in [0.1, 0.15) is 19.4 Å². The van der Waals surface area contributed by atoms with E-state index in [-0.39, 0.29) is 0 Å². The van der Waals surface area contributed by atoms with Gasteiger partial charge in [-0.15, -0.1) is 0 Å². The zero-order valence-electron chi connectivity index (χ0n) is 27.6. The average Bonchev–Trinajstić information content (AvgIpc) is 3.51. The predicted molar refractivity (Wildman–Crippen MR) is 208 cm³/mol. The van der Waals surface area contributed by atoms with Crippen molar-refractivity contribution in [2.24, 2.45) is 0 Å². The van der Waals surface area contributed by atoms with Gasteiger partial charge < -0.3 is 4.57 Å². The molecule has 0 N–H and O–H groups in total. The van der Waals surface area contributed by atoms with Gasteiger partial charge in [-0.3, -0.25) is 0 Å². The normalized spacial score (nSPS) is 12.2. The second-order valence-corrected chi connectivity index (χ2v) is 12.1. The minimum absolute atomic E-state index is 0.699. The molecule has 8 aromatic rings. The van der Waals surface area contributed by atoms with Crippen LogP contribution in [0.25, 0.3) is 77.7 Å². The molecule has 49 heavy (non-hydrogen) atoms. The van der Waals surface area contributed by atoms with E-state index in [9.17, 15) is 0 Å². The summed E-state index contributed by atoms with van der Waals surface area (Å²) in [6.45, 7) is 4.09. The van der Waals surface area contributed by atoms with E-state index in [1.807, 2.05) is 19.1 Å².